The van der Waals surface area contributed by atoms with Crippen molar-refractivity contribution in [1.29, 1.82) is 0 Å². The normalized spacial score (nSPS) is 22.2. The molecule has 1 unspecified atom stereocenters. The van der Waals surface area contributed by atoms with Crippen LogP contribution in [-0.4, -0.2) is 6.16 Å². The minimum atomic E-state index is -2.04. The quantitative estimate of drug-likeness (QED) is 0.537. The summed E-state index contributed by atoms with van der Waals surface area (Å²) in [6.45, 7) is 9.66. The molecule has 1 heteroatoms. The standard InChI is InChI=1S/C26H31P/c1-25(2,3)19-26(4)20-27(21-13-7-5-8-14-21,22-15-9-6-10-16-22)24-18-12-11-17-23(24)26/h5-18,27H,19-20H2,1-4H3. The summed E-state index contributed by atoms with van der Waals surface area (Å²) in [5.41, 5.74) is 2.10. The SMILES string of the molecule is CC(C)(C)CC1(C)C[PH](c2ccccc2)(c2ccccc2)c2ccccc21. The van der Waals surface area contributed by atoms with Gasteiger partial charge in [0.1, 0.15) is 0 Å². The molecule has 0 N–H and O–H groups in total. The molecule has 1 heterocycles. The Morgan fingerprint density at radius 3 is 1.74 bits per heavy atom. The summed E-state index contributed by atoms with van der Waals surface area (Å²) < 4.78 is 0. The van der Waals surface area contributed by atoms with Crippen molar-refractivity contribution < 1.29 is 0 Å². The summed E-state index contributed by atoms with van der Waals surface area (Å²) in [7, 11) is -2.04. The maximum absolute atomic E-state index is 2.51. The average molecular weight is 375 g/mol. The third-order valence-electron chi connectivity index (χ3n) is 6.15. The van der Waals surface area contributed by atoms with Gasteiger partial charge < -0.3 is 0 Å². The molecule has 0 nitrogen and oxygen atoms in total. The van der Waals surface area contributed by atoms with E-state index >= 15 is 0 Å². The Labute approximate surface area is 165 Å². The topological polar surface area (TPSA) is 0 Å². The zero-order valence-corrected chi connectivity index (χ0v) is 18.0. The first-order valence-corrected chi connectivity index (χ1v) is 12.3. The summed E-state index contributed by atoms with van der Waals surface area (Å²) in [5, 5.41) is 4.71. The van der Waals surface area contributed by atoms with Crippen LogP contribution in [0.1, 0.15) is 39.7 Å². The van der Waals surface area contributed by atoms with Gasteiger partial charge in [-0.15, -0.1) is 0 Å². The molecule has 0 amide bonds. The van der Waals surface area contributed by atoms with E-state index in [0.717, 1.165) is 0 Å². The molecule has 0 saturated carbocycles. The van der Waals surface area contributed by atoms with Gasteiger partial charge in [-0.2, -0.15) is 0 Å². The van der Waals surface area contributed by atoms with Crippen LogP contribution in [0.15, 0.2) is 84.9 Å². The van der Waals surface area contributed by atoms with Crippen LogP contribution in [-0.2, 0) is 5.41 Å². The molecule has 3 aromatic rings. The number of hydrogen-bond acceptors (Lipinski definition) is 0. The van der Waals surface area contributed by atoms with E-state index in [9.17, 15) is 0 Å². The van der Waals surface area contributed by atoms with Gasteiger partial charge in [0.05, 0.1) is 0 Å². The third-order valence-corrected chi connectivity index (χ3v) is 11.5. The van der Waals surface area contributed by atoms with Crippen molar-refractivity contribution in [2.75, 3.05) is 6.16 Å². The molecule has 0 aliphatic carbocycles. The number of hydrogen-bond donors (Lipinski definition) is 0. The van der Waals surface area contributed by atoms with Gasteiger partial charge in [0.25, 0.3) is 0 Å². The predicted molar refractivity (Wildman–Crippen MR) is 123 cm³/mol. The molecule has 0 bridgehead atoms. The Morgan fingerprint density at radius 2 is 1.22 bits per heavy atom. The van der Waals surface area contributed by atoms with Crippen LogP contribution in [0.25, 0.3) is 0 Å². The summed E-state index contributed by atoms with van der Waals surface area (Å²) in [6.07, 6.45) is 2.47. The second-order valence-corrected chi connectivity index (χ2v) is 13.5. The van der Waals surface area contributed by atoms with Crippen LogP contribution < -0.4 is 15.9 Å². The van der Waals surface area contributed by atoms with Crippen LogP contribution in [0.4, 0.5) is 0 Å². The van der Waals surface area contributed by atoms with Crippen LogP contribution in [0.3, 0.4) is 0 Å². The number of fused-ring (bicyclic) bond motifs is 1. The number of rotatable bonds is 3. The van der Waals surface area contributed by atoms with E-state index in [-0.39, 0.29) is 5.41 Å². The fourth-order valence-electron chi connectivity index (χ4n) is 5.61. The molecular formula is C26H31P. The van der Waals surface area contributed by atoms with Crippen LogP contribution in [0.2, 0.25) is 0 Å². The first-order valence-electron chi connectivity index (χ1n) is 10.1. The maximum atomic E-state index is 2.51. The Kier molecular flexibility index (Phi) is 4.52. The van der Waals surface area contributed by atoms with Gasteiger partial charge in [0.15, 0.2) is 0 Å². The van der Waals surface area contributed by atoms with Gasteiger partial charge >= 0.3 is 165 Å². The molecule has 0 saturated heterocycles. The van der Waals surface area contributed by atoms with Crippen molar-refractivity contribution in [2.45, 2.75) is 39.5 Å². The molecule has 1 atom stereocenters. The molecule has 1 aliphatic heterocycles. The van der Waals surface area contributed by atoms with Gasteiger partial charge in [-0.25, -0.2) is 0 Å². The molecular weight excluding hydrogens is 343 g/mol. The fraction of sp³-hybridized carbons (Fsp3) is 0.308. The van der Waals surface area contributed by atoms with Crippen molar-refractivity contribution >= 4 is 23.2 Å². The second kappa shape index (κ2) is 6.61. The summed E-state index contributed by atoms with van der Waals surface area (Å²) in [5.74, 6) is 0. The van der Waals surface area contributed by atoms with Crippen molar-refractivity contribution in [3.05, 3.63) is 90.5 Å². The van der Waals surface area contributed by atoms with E-state index in [2.05, 4.69) is 113 Å². The zero-order valence-electron chi connectivity index (χ0n) is 17.0. The molecule has 4 rings (SSSR count). The summed E-state index contributed by atoms with van der Waals surface area (Å²) in [6, 6.07) is 32.0. The van der Waals surface area contributed by atoms with Gasteiger partial charge in [-0.1, -0.05) is 0 Å². The third kappa shape index (κ3) is 3.15. The van der Waals surface area contributed by atoms with Gasteiger partial charge in [0, 0.05) is 0 Å². The fourth-order valence-corrected chi connectivity index (χ4v) is 11.4. The van der Waals surface area contributed by atoms with Crippen LogP contribution in [0.5, 0.6) is 0 Å². The van der Waals surface area contributed by atoms with Crippen LogP contribution in [0, 0.1) is 5.41 Å². The molecule has 1 aliphatic rings. The average Bonchev–Trinajstić information content (AvgIpc) is 2.92. The second-order valence-electron chi connectivity index (χ2n) is 9.66. The van der Waals surface area contributed by atoms with Crippen LogP contribution >= 0.6 is 7.26 Å². The van der Waals surface area contributed by atoms with Crippen molar-refractivity contribution in [1.82, 2.24) is 0 Å². The molecule has 140 valence electrons. The van der Waals surface area contributed by atoms with E-state index in [4.69, 9.17) is 0 Å². The van der Waals surface area contributed by atoms with E-state index in [1.54, 1.807) is 21.5 Å². The monoisotopic (exact) mass is 374 g/mol. The van der Waals surface area contributed by atoms with Gasteiger partial charge in [0.2, 0.25) is 0 Å². The van der Waals surface area contributed by atoms with E-state index in [1.807, 2.05) is 0 Å². The molecule has 0 fully saturated rings. The molecule has 3 aromatic carbocycles. The van der Waals surface area contributed by atoms with E-state index in [1.165, 1.54) is 12.6 Å². The molecule has 0 radical (unpaired) electrons. The Bertz CT molecular complexity index is 882. The zero-order chi connectivity index (χ0) is 19.1. The Morgan fingerprint density at radius 1 is 0.741 bits per heavy atom. The van der Waals surface area contributed by atoms with Crippen molar-refractivity contribution in [2.24, 2.45) is 5.41 Å². The van der Waals surface area contributed by atoms with Crippen molar-refractivity contribution in [3.63, 3.8) is 0 Å². The first-order chi connectivity index (χ1) is 12.9. The van der Waals surface area contributed by atoms with E-state index < -0.39 is 7.26 Å². The van der Waals surface area contributed by atoms with Gasteiger partial charge in [-0.3, -0.25) is 0 Å². The molecule has 0 spiro atoms. The van der Waals surface area contributed by atoms with Gasteiger partial charge in [-0.05, 0) is 0 Å². The molecule has 27 heavy (non-hydrogen) atoms. The minimum absolute atomic E-state index is 0.215. The number of benzene rings is 3. The first kappa shape index (κ1) is 18.5. The van der Waals surface area contributed by atoms with E-state index in [0.29, 0.717) is 5.41 Å². The molecule has 0 aromatic heterocycles. The van der Waals surface area contributed by atoms with Crippen molar-refractivity contribution in [3.8, 4) is 0 Å². The summed E-state index contributed by atoms with van der Waals surface area (Å²) in [4.78, 5) is 0. The Hall–Kier alpha value is -1.91. The predicted octanol–water partition coefficient (Wildman–Crippen LogP) is 5.42. The Balaban J connectivity index is 2.01. The summed E-state index contributed by atoms with van der Waals surface area (Å²) >= 11 is 0.